The Kier molecular flexibility index (Phi) is 7.81. The Morgan fingerprint density at radius 3 is 2.31 bits per heavy atom. The number of hydrogen-bond donors (Lipinski definition) is 1. The molecule has 174 valence electrons. The summed E-state index contributed by atoms with van der Waals surface area (Å²) in [5.74, 6) is 0.356. The van der Waals surface area contributed by atoms with E-state index in [-0.39, 0.29) is 28.7 Å². The molecule has 8 nitrogen and oxygen atoms in total. The summed E-state index contributed by atoms with van der Waals surface area (Å²) in [4.78, 5) is 14.3. The van der Waals surface area contributed by atoms with Crippen molar-refractivity contribution < 1.29 is 26.4 Å². The van der Waals surface area contributed by atoms with E-state index in [1.54, 1.807) is 23.1 Å². The van der Waals surface area contributed by atoms with Crippen LogP contribution in [0, 0.1) is 0 Å². The molecule has 1 amide bonds. The molecule has 1 fully saturated rings. The molecule has 32 heavy (non-hydrogen) atoms. The lowest BCUT2D eigenvalue weighted by Crippen LogP contribution is -2.43. The summed E-state index contributed by atoms with van der Waals surface area (Å²) in [5, 5.41) is -0.266. The monoisotopic (exact) mass is 500 g/mol. The lowest BCUT2D eigenvalue weighted by Gasteiger charge is -2.32. The van der Waals surface area contributed by atoms with Gasteiger partial charge < -0.3 is 9.64 Å². The van der Waals surface area contributed by atoms with Crippen molar-refractivity contribution in [2.24, 2.45) is 0 Å². The molecule has 0 saturated carbocycles. The molecule has 3 rings (SSSR count). The zero-order chi connectivity index (χ0) is 23.4. The van der Waals surface area contributed by atoms with Gasteiger partial charge in [0.05, 0.1) is 22.2 Å². The van der Waals surface area contributed by atoms with E-state index >= 15 is 0 Å². The van der Waals surface area contributed by atoms with Gasteiger partial charge in [0.25, 0.3) is 0 Å². The number of amides is 1. The number of benzene rings is 2. The van der Waals surface area contributed by atoms with Crippen LogP contribution in [-0.2, 0) is 24.7 Å². The van der Waals surface area contributed by atoms with E-state index in [0.717, 1.165) is 0 Å². The van der Waals surface area contributed by atoms with Gasteiger partial charge in [-0.05, 0) is 55.3 Å². The Bertz CT molecular complexity index is 1160. The highest BCUT2D eigenvalue weighted by Crippen LogP contribution is 2.26. The maximum Gasteiger partial charge on any atom is 0.240 e. The number of methoxy groups -OCH3 is 1. The zero-order valence-corrected chi connectivity index (χ0v) is 19.9. The fourth-order valence-corrected chi connectivity index (χ4v) is 6.61. The van der Waals surface area contributed by atoms with E-state index < -0.39 is 25.1 Å². The second-order valence-electron chi connectivity index (χ2n) is 7.41. The minimum absolute atomic E-state index is 0.0182. The first kappa shape index (κ1) is 24.5. The molecule has 0 bridgehead atoms. The van der Waals surface area contributed by atoms with Gasteiger partial charge in [-0.2, -0.15) is 0 Å². The summed E-state index contributed by atoms with van der Waals surface area (Å²) in [6.07, 6.45) is 0.637. The van der Waals surface area contributed by atoms with Crippen LogP contribution in [0.4, 0.5) is 0 Å². The normalized spacial score (nSPS) is 15.5. The van der Waals surface area contributed by atoms with Gasteiger partial charge in [-0.3, -0.25) is 4.79 Å². The molecule has 0 unspecified atom stereocenters. The summed E-state index contributed by atoms with van der Waals surface area (Å²) >= 11 is 5.83. The number of piperidine rings is 1. The lowest BCUT2D eigenvalue weighted by molar-refractivity contribution is -0.131. The summed E-state index contributed by atoms with van der Waals surface area (Å²) in [5.41, 5.74) is 0. The van der Waals surface area contributed by atoms with Crippen molar-refractivity contribution in [3.05, 3.63) is 53.6 Å². The van der Waals surface area contributed by atoms with Crippen molar-refractivity contribution in [3.8, 4) is 5.75 Å². The highest BCUT2D eigenvalue weighted by atomic mass is 35.5. The van der Waals surface area contributed by atoms with Crippen LogP contribution in [0.5, 0.6) is 5.75 Å². The minimum atomic E-state index is -3.77. The van der Waals surface area contributed by atoms with Crippen LogP contribution in [-0.4, -0.2) is 59.6 Å². The number of sulfone groups is 1. The fraction of sp³-hybridized carbons (Fsp3) is 0.381. The Hall–Kier alpha value is -2.14. The van der Waals surface area contributed by atoms with Crippen LogP contribution >= 0.6 is 11.6 Å². The molecule has 1 aliphatic rings. The predicted octanol–water partition coefficient (Wildman–Crippen LogP) is 2.48. The Balaban J connectivity index is 1.51. The molecule has 0 atom stereocenters. The van der Waals surface area contributed by atoms with Crippen LogP contribution in [0.3, 0.4) is 0 Å². The lowest BCUT2D eigenvalue weighted by atomic mass is 10.1. The number of carbonyl (C=O) groups is 1. The van der Waals surface area contributed by atoms with Crippen molar-refractivity contribution in [1.82, 2.24) is 9.62 Å². The third kappa shape index (κ3) is 5.80. The Morgan fingerprint density at radius 2 is 1.72 bits per heavy atom. The summed E-state index contributed by atoms with van der Waals surface area (Å²) in [6.45, 7) is 0.553. The molecule has 2 aromatic rings. The van der Waals surface area contributed by atoms with Crippen molar-refractivity contribution in [2.75, 3.05) is 26.7 Å². The average molecular weight is 501 g/mol. The molecule has 1 aliphatic heterocycles. The maximum absolute atomic E-state index is 12.9. The molecule has 1 N–H and O–H groups in total. The van der Waals surface area contributed by atoms with Gasteiger partial charge in [-0.1, -0.05) is 17.7 Å². The van der Waals surface area contributed by atoms with Crippen molar-refractivity contribution in [3.63, 3.8) is 0 Å². The van der Waals surface area contributed by atoms with E-state index in [4.69, 9.17) is 16.3 Å². The van der Waals surface area contributed by atoms with Gasteiger partial charge >= 0.3 is 0 Å². The first-order valence-corrected chi connectivity index (χ1v) is 13.5. The standard InChI is InChI=1S/C21H25ClN2O6S2/c1-30-17-5-7-18(8-6-17)31(26,27)19-10-13-24(14-11-19)21(25)9-12-23-32(28,29)20-4-2-3-16(22)15-20/h2-8,15,19,23H,9-14H2,1H3. The van der Waals surface area contributed by atoms with Crippen molar-refractivity contribution >= 4 is 37.4 Å². The summed E-state index contributed by atoms with van der Waals surface area (Å²) in [6, 6.07) is 12.1. The van der Waals surface area contributed by atoms with Gasteiger partial charge in [-0.15, -0.1) is 0 Å². The van der Waals surface area contributed by atoms with E-state index in [0.29, 0.717) is 36.7 Å². The van der Waals surface area contributed by atoms with Crippen molar-refractivity contribution in [1.29, 1.82) is 0 Å². The SMILES string of the molecule is COc1ccc(S(=O)(=O)C2CCN(C(=O)CCNS(=O)(=O)c3cccc(Cl)c3)CC2)cc1. The number of likely N-dealkylation sites (tertiary alicyclic amines) is 1. The van der Waals surface area contributed by atoms with Gasteiger partial charge in [0.15, 0.2) is 9.84 Å². The van der Waals surface area contributed by atoms with E-state index in [1.165, 1.54) is 37.4 Å². The molecular formula is C21H25ClN2O6S2. The molecule has 11 heteroatoms. The number of rotatable bonds is 8. The van der Waals surface area contributed by atoms with Crippen LogP contribution in [0.15, 0.2) is 58.3 Å². The number of carbonyl (C=O) groups excluding carboxylic acids is 1. The summed E-state index contributed by atoms with van der Waals surface area (Å²) in [7, 11) is -5.76. The number of ether oxygens (including phenoxy) is 1. The van der Waals surface area contributed by atoms with Crippen LogP contribution in [0.1, 0.15) is 19.3 Å². The molecule has 2 aromatic carbocycles. The highest BCUT2D eigenvalue weighted by molar-refractivity contribution is 7.92. The van der Waals surface area contributed by atoms with Crippen LogP contribution in [0.25, 0.3) is 0 Å². The number of nitrogens with one attached hydrogen (secondary N) is 1. The first-order valence-electron chi connectivity index (χ1n) is 10.0. The topological polar surface area (TPSA) is 110 Å². The van der Waals surface area contributed by atoms with E-state index in [2.05, 4.69) is 4.72 Å². The van der Waals surface area contributed by atoms with E-state index in [9.17, 15) is 21.6 Å². The molecule has 1 saturated heterocycles. The quantitative estimate of drug-likeness (QED) is 0.596. The molecule has 0 aliphatic carbocycles. The second-order valence-corrected chi connectivity index (χ2v) is 11.8. The number of hydrogen-bond acceptors (Lipinski definition) is 6. The molecule has 1 heterocycles. The summed E-state index contributed by atoms with van der Waals surface area (Å²) < 4.78 is 57.8. The van der Waals surface area contributed by atoms with Gasteiger partial charge in [0.2, 0.25) is 15.9 Å². The number of halogens is 1. The number of nitrogens with zero attached hydrogens (tertiary/aromatic N) is 1. The molecule has 0 radical (unpaired) electrons. The smallest absolute Gasteiger partial charge is 0.240 e. The maximum atomic E-state index is 12.9. The van der Waals surface area contributed by atoms with Crippen molar-refractivity contribution in [2.45, 2.75) is 34.3 Å². The molecule has 0 aromatic heterocycles. The third-order valence-electron chi connectivity index (χ3n) is 5.36. The fourth-order valence-electron chi connectivity index (χ4n) is 3.54. The highest BCUT2D eigenvalue weighted by Gasteiger charge is 2.32. The number of sulfonamides is 1. The van der Waals surface area contributed by atoms with Gasteiger partial charge in [-0.25, -0.2) is 21.6 Å². The van der Waals surface area contributed by atoms with E-state index in [1.807, 2.05) is 0 Å². The third-order valence-corrected chi connectivity index (χ3v) is 9.33. The predicted molar refractivity (Wildman–Crippen MR) is 121 cm³/mol. The largest absolute Gasteiger partial charge is 0.497 e. The zero-order valence-electron chi connectivity index (χ0n) is 17.5. The Morgan fingerprint density at radius 1 is 1.06 bits per heavy atom. The van der Waals surface area contributed by atoms with Crippen LogP contribution in [0.2, 0.25) is 5.02 Å². The van der Waals surface area contributed by atoms with Gasteiger partial charge in [0.1, 0.15) is 5.75 Å². The minimum Gasteiger partial charge on any atom is -0.497 e. The molecular weight excluding hydrogens is 476 g/mol. The second kappa shape index (κ2) is 10.2. The average Bonchev–Trinajstić information content (AvgIpc) is 2.79. The molecule has 0 spiro atoms. The Labute approximate surface area is 193 Å². The van der Waals surface area contributed by atoms with Gasteiger partial charge in [0, 0.05) is 31.1 Å². The first-order chi connectivity index (χ1) is 15.1. The van der Waals surface area contributed by atoms with Crippen LogP contribution < -0.4 is 9.46 Å².